The van der Waals surface area contributed by atoms with Gasteiger partial charge in [0.05, 0.1) is 5.41 Å². The summed E-state index contributed by atoms with van der Waals surface area (Å²) in [5.74, 6) is 1.93. The minimum Gasteiger partial charge on any atom is -0.208 e. The predicted molar refractivity (Wildman–Crippen MR) is 216 cm³/mol. The fourth-order valence-corrected chi connectivity index (χ4v) is 8.12. The van der Waals surface area contributed by atoms with Gasteiger partial charge in [-0.15, -0.1) is 0 Å². The number of aromatic nitrogens is 3. The molecule has 0 spiro atoms. The van der Waals surface area contributed by atoms with Crippen LogP contribution >= 0.6 is 0 Å². The summed E-state index contributed by atoms with van der Waals surface area (Å²) >= 11 is 0. The molecule has 0 radical (unpaired) electrons. The normalized spacial score (nSPS) is 12.7. The third kappa shape index (κ3) is 5.17. The van der Waals surface area contributed by atoms with Gasteiger partial charge < -0.3 is 0 Å². The standard InChI is InChI=1S/C50H33N3/c1-4-15-36(16-5-1)47-51-48(37-27-24-35(25-28-37)39-29-26-34-14-10-11-17-38(34)32-39)53-49(52-47)40-30-31-46-44(33-40)43-22-12-13-23-45(43)50(46,41-18-6-2-7-19-41)42-20-8-3-9-21-42/h1-33H. The maximum Gasteiger partial charge on any atom is 0.164 e. The Bertz CT molecular complexity index is 2720. The van der Waals surface area contributed by atoms with E-state index in [0.717, 1.165) is 22.3 Å². The van der Waals surface area contributed by atoms with Crippen molar-refractivity contribution >= 4 is 10.8 Å². The molecule has 0 atom stereocenters. The van der Waals surface area contributed by atoms with Gasteiger partial charge in [-0.2, -0.15) is 0 Å². The van der Waals surface area contributed by atoms with E-state index in [1.165, 1.54) is 49.7 Å². The molecule has 53 heavy (non-hydrogen) atoms. The Balaban J connectivity index is 1.12. The Labute approximate surface area is 309 Å². The lowest BCUT2D eigenvalue weighted by molar-refractivity contribution is 0.768. The van der Waals surface area contributed by atoms with Crippen molar-refractivity contribution < 1.29 is 0 Å². The Morgan fingerprint density at radius 1 is 0.283 bits per heavy atom. The molecule has 0 unspecified atom stereocenters. The first-order valence-electron chi connectivity index (χ1n) is 18.0. The van der Waals surface area contributed by atoms with Crippen LogP contribution in [0.2, 0.25) is 0 Å². The Hall–Kier alpha value is -6.97. The van der Waals surface area contributed by atoms with Crippen LogP contribution in [0.4, 0.5) is 0 Å². The van der Waals surface area contributed by atoms with Crippen LogP contribution in [0, 0.1) is 0 Å². The molecule has 0 saturated heterocycles. The van der Waals surface area contributed by atoms with E-state index in [9.17, 15) is 0 Å². The van der Waals surface area contributed by atoms with Crippen LogP contribution in [0.5, 0.6) is 0 Å². The van der Waals surface area contributed by atoms with Gasteiger partial charge in [-0.1, -0.05) is 188 Å². The molecule has 10 rings (SSSR count). The second-order valence-electron chi connectivity index (χ2n) is 13.6. The van der Waals surface area contributed by atoms with Gasteiger partial charge >= 0.3 is 0 Å². The summed E-state index contributed by atoms with van der Waals surface area (Å²) in [4.78, 5) is 15.3. The van der Waals surface area contributed by atoms with Crippen LogP contribution in [-0.4, -0.2) is 15.0 Å². The number of nitrogens with zero attached hydrogens (tertiary/aromatic N) is 3. The van der Waals surface area contributed by atoms with Gasteiger partial charge in [-0.25, -0.2) is 15.0 Å². The number of rotatable bonds is 6. The number of hydrogen-bond acceptors (Lipinski definition) is 3. The zero-order chi connectivity index (χ0) is 35.2. The first-order chi connectivity index (χ1) is 26.3. The molecule has 3 nitrogen and oxygen atoms in total. The van der Waals surface area contributed by atoms with Crippen molar-refractivity contribution in [2.45, 2.75) is 5.41 Å². The molecular weight excluding hydrogens is 643 g/mol. The molecule has 1 aliphatic rings. The molecule has 1 heterocycles. The zero-order valence-corrected chi connectivity index (χ0v) is 28.9. The van der Waals surface area contributed by atoms with E-state index in [-0.39, 0.29) is 0 Å². The van der Waals surface area contributed by atoms with Gasteiger partial charge in [0, 0.05) is 16.7 Å². The molecule has 8 aromatic carbocycles. The minimum atomic E-state index is -0.459. The average molecular weight is 676 g/mol. The summed E-state index contributed by atoms with van der Waals surface area (Å²) in [5, 5.41) is 2.46. The van der Waals surface area contributed by atoms with Crippen LogP contribution in [0.1, 0.15) is 22.3 Å². The second-order valence-corrected chi connectivity index (χ2v) is 13.6. The highest BCUT2D eigenvalue weighted by atomic mass is 15.0. The third-order valence-corrected chi connectivity index (χ3v) is 10.6. The number of hydrogen-bond donors (Lipinski definition) is 0. The van der Waals surface area contributed by atoms with Crippen molar-refractivity contribution in [3.8, 4) is 56.4 Å². The monoisotopic (exact) mass is 675 g/mol. The summed E-state index contributed by atoms with van der Waals surface area (Å²) in [6, 6.07) is 71.1. The van der Waals surface area contributed by atoms with Crippen LogP contribution < -0.4 is 0 Å². The fraction of sp³-hybridized carbons (Fsp3) is 0.0200. The van der Waals surface area contributed by atoms with Gasteiger partial charge in [0.1, 0.15) is 0 Å². The molecule has 3 heteroatoms. The first-order valence-corrected chi connectivity index (χ1v) is 18.0. The number of benzene rings is 8. The highest BCUT2D eigenvalue weighted by Gasteiger charge is 2.46. The molecule has 0 fully saturated rings. The summed E-state index contributed by atoms with van der Waals surface area (Å²) in [5.41, 5.74) is 12.1. The zero-order valence-electron chi connectivity index (χ0n) is 28.9. The summed E-state index contributed by atoms with van der Waals surface area (Å²) in [6.07, 6.45) is 0. The number of fused-ring (bicyclic) bond motifs is 4. The van der Waals surface area contributed by atoms with E-state index in [1.807, 2.05) is 18.2 Å². The lowest BCUT2D eigenvalue weighted by atomic mass is 9.67. The largest absolute Gasteiger partial charge is 0.208 e. The highest BCUT2D eigenvalue weighted by Crippen LogP contribution is 2.56. The molecule has 248 valence electrons. The van der Waals surface area contributed by atoms with Crippen LogP contribution in [0.3, 0.4) is 0 Å². The van der Waals surface area contributed by atoms with Crippen molar-refractivity contribution in [2.75, 3.05) is 0 Å². The highest BCUT2D eigenvalue weighted by molar-refractivity contribution is 5.89. The average Bonchev–Trinajstić information content (AvgIpc) is 3.55. The Kier molecular flexibility index (Phi) is 7.36. The van der Waals surface area contributed by atoms with Gasteiger partial charge in [-0.05, 0) is 67.4 Å². The fourth-order valence-electron chi connectivity index (χ4n) is 8.12. The third-order valence-electron chi connectivity index (χ3n) is 10.6. The van der Waals surface area contributed by atoms with Crippen LogP contribution in [0.25, 0.3) is 67.2 Å². The van der Waals surface area contributed by atoms with Gasteiger partial charge in [0.15, 0.2) is 17.5 Å². The quantitative estimate of drug-likeness (QED) is 0.176. The molecule has 1 aromatic heterocycles. The maximum atomic E-state index is 5.15. The van der Waals surface area contributed by atoms with Gasteiger partial charge in [0.25, 0.3) is 0 Å². The Morgan fingerprint density at radius 2 is 0.755 bits per heavy atom. The molecule has 0 saturated carbocycles. The smallest absolute Gasteiger partial charge is 0.164 e. The van der Waals surface area contributed by atoms with Gasteiger partial charge in [0.2, 0.25) is 0 Å². The Morgan fingerprint density at radius 3 is 1.43 bits per heavy atom. The minimum absolute atomic E-state index is 0.459. The second kappa shape index (κ2) is 12.7. The van der Waals surface area contributed by atoms with Crippen LogP contribution in [0.15, 0.2) is 200 Å². The van der Waals surface area contributed by atoms with Gasteiger partial charge in [-0.3, -0.25) is 0 Å². The maximum absolute atomic E-state index is 5.15. The van der Waals surface area contributed by atoms with Crippen molar-refractivity contribution in [1.29, 1.82) is 0 Å². The topological polar surface area (TPSA) is 38.7 Å². The summed E-state index contributed by atoms with van der Waals surface area (Å²) < 4.78 is 0. The van der Waals surface area contributed by atoms with Crippen molar-refractivity contribution in [3.05, 3.63) is 222 Å². The molecule has 0 bridgehead atoms. The lowest BCUT2D eigenvalue weighted by Crippen LogP contribution is -2.28. The molecule has 1 aliphatic carbocycles. The molecule has 0 aliphatic heterocycles. The van der Waals surface area contributed by atoms with E-state index < -0.39 is 5.41 Å². The van der Waals surface area contributed by atoms with E-state index in [0.29, 0.717) is 17.5 Å². The van der Waals surface area contributed by atoms with E-state index in [4.69, 9.17) is 15.0 Å². The van der Waals surface area contributed by atoms with Crippen LogP contribution in [-0.2, 0) is 5.41 Å². The molecule has 0 N–H and O–H groups in total. The first kappa shape index (κ1) is 30.8. The lowest BCUT2D eigenvalue weighted by Gasteiger charge is -2.33. The van der Waals surface area contributed by atoms with Crippen molar-refractivity contribution in [1.82, 2.24) is 15.0 Å². The van der Waals surface area contributed by atoms with E-state index in [1.54, 1.807) is 0 Å². The molecule has 0 amide bonds. The van der Waals surface area contributed by atoms with E-state index >= 15 is 0 Å². The predicted octanol–water partition coefficient (Wildman–Crippen LogP) is 12.1. The molecular formula is C50H33N3. The van der Waals surface area contributed by atoms with E-state index in [2.05, 4.69) is 182 Å². The summed E-state index contributed by atoms with van der Waals surface area (Å²) in [7, 11) is 0. The molecule has 9 aromatic rings. The van der Waals surface area contributed by atoms with Crippen molar-refractivity contribution in [2.24, 2.45) is 0 Å². The summed E-state index contributed by atoms with van der Waals surface area (Å²) in [6.45, 7) is 0. The SMILES string of the molecule is c1ccc(-c2nc(-c3ccc(-c4ccc5ccccc5c4)cc3)nc(-c3ccc4c(c3)-c3ccccc3C4(c3ccccc3)c3ccccc3)n2)cc1. The van der Waals surface area contributed by atoms with Crippen molar-refractivity contribution in [3.63, 3.8) is 0 Å².